The van der Waals surface area contributed by atoms with Gasteiger partial charge in [-0.05, 0) is 60.9 Å². The Labute approximate surface area is 248 Å². The van der Waals surface area contributed by atoms with Gasteiger partial charge in [-0.3, -0.25) is 13.9 Å². The number of thiazole rings is 1. The highest BCUT2D eigenvalue weighted by atomic mass is 32.2. The highest BCUT2D eigenvalue weighted by Gasteiger charge is 2.31. The zero-order valence-electron chi connectivity index (χ0n) is 23.3. The van der Waals surface area contributed by atoms with Gasteiger partial charge in [-0.1, -0.05) is 12.1 Å². The van der Waals surface area contributed by atoms with Gasteiger partial charge in [0.2, 0.25) is 0 Å². The van der Waals surface area contributed by atoms with E-state index < -0.39 is 16.8 Å². The molecular formula is C31H29FN4O4S2. The molecule has 0 aliphatic carbocycles. The summed E-state index contributed by atoms with van der Waals surface area (Å²) in [5.74, 6) is -0.595. The third kappa shape index (κ3) is 5.07. The first-order valence-corrected chi connectivity index (χ1v) is 15.9. The second kappa shape index (κ2) is 11.3. The molecule has 0 radical (unpaired) electrons. The number of aromatic nitrogens is 1. The van der Waals surface area contributed by atoms with E-state index in [0.29, 0.717) is 51.6 Å². The average molecular weight is 605 g/mol. The van der Waals surface area contributed by atoms with Crippen LogP contribution in [0.5, 0.6) is 0 Å². The summed E-state index contributed by atoms with van der Waals surface area (Å²) in [7, 11) is 1.95. The number of carbonyl (C=O) groups excluding carboxylic acids is 2. The Morgan fingerprint density at radius 2 is 1.93 bits per heavy atom. The van der Waals surface area contributed by atoms with Gasteiger partial charge in [0.25, 0.3) is 11.8 Å². The topological polar surface area (TPSA) is 95.8 Å². The molecule has 1 unspecified atom stereocenters. The van der Waals surface area contributed by atoms with Crippen LogP contribution in [0.4, 0.5) is 10.1 Å². The number of piperidine rings is 1. The number of fused-ring (bicyclic) bond motifs is 2. The summed E-state index contributed by atoms with van der Waals surface area (Å²) in [6.07, 6.45) is 3.19. The van der Waals surface area contributed by atoms with Crippen molar-refractivity contribution >= 4 is 61.0 Å². The van der Waals surface area contributed by atoms with E-state index in [-0.39, 0.29) is 17.7 Å². The molecule has 3 aromatic carbocycles. The molecule has 1 N–H and O–H groups in total. The number of hydrogen-bond acceptors (Lipinski definition) is 6. The summed E-state index contributed by atoms with van der Waals surface area (Å²) in [4.78, 5) is 33.2. The number of furan rings is 1. The van der Waals surface area contributed by atoms with Crippen LogP contribution in [0, 0.1) is 5.82 Å². The van der Waals surface area contributed by atoms with Gasteiger partial charge in [-0.2, -0.15) is 0 Å². The van der Waals surface area contributed by atoms with Gasteiger partial charge in [-0.15, -0.1) is 11.3 Å². The van der Waals surface area contributed by atoms with E-state index in [1.165, 1.54) is 23.5 Å². The van der Waals surface area contributed by atoms with E-state index in [2.05, 4.69) is 10.3 Å². The van der Waals surface area contributed by atoms with Crippen LogP contribution in [0.2, 0.25) is 0 Å². The Kier molecular flexibility index (Phi) is 7.54. The number of benzene rings is 3. The van der Waals surface area contributed by atoms with Crippen LogP contribution in [-0.4, -0.2) is 59.3 Å². The van der Waals surface area contributed by atoms with Crippen molar-refractivity contribution in [3.8, 4) is 11.3 Å². The molecule has 2 amide bonds. The van der Waals surface area contributed by atoms with Crippen LogP contribution in [-0.2, 0) is 11.0 Å². The zero-order chi connectivity index (χ0) is 29.5. The van der Waals surface area contributed by atoms with Crippen LogP contribution in [0.3, 0.4) is 0 Å². The highest BCUT2D eigenvalue weighted by molar-refractivity contribution is 7.85. The molecule has 5 aromatic rings. The number of halogens is 1. The molecule has 1 aliphatic rings. The average Bonchev–Trinajstić information content (AvgIpc) is 3.61. The molecular weight excluding hydrogens is 575 g/mol. The molecule has 6 rings (SSSR count). The minimum absolute atomic E-state index is 0.0795. The van der Waals surface area contributed by atoms with Gasteiger partial charge >= 0.3 is 0 Å². The van der Waals surface area contributed by atoms with Gasteiger partial charge in [-0.25, -0.2) is 13.6 Å². The summed E-state index contributed by atoms with van der Waals surface area (Å²) >= 11 is 1.39. The molecule has 2 atom stereocenters. The Morgan fingerprint density at radius 1 is 1.17 bits per heavy atom. The lowest BCUT2D eigenvalue weighted by Crippen LogP contribution is -2.39. The van der Waals surface area contributed by atoms with E-state index in [1.807, 2.05) is 35.2 Å². The Morgan fingerprint density at radius 3 is 2.64 bits per heavy atom. The number of nitrogens with one attached hydrogen (secondary N) is 1. The smallest absolute Gasteiger partial charge is 0.282 e. The summed E-state index contributed by atoms with van der Waals surface area (Å²) in [5.41, 5.74) is 3.72. The minimum Gasteiger partial charge on any atom is -0.455 e. The maximum atomic E-state index is 13.7. The van der Waals surface area contributed by atoms with Crippen molar-refractivity contribution in [2.75, 3.05) is 37.7 Å². The lowest BCUT2D eigenvalue weighted by Gasteiger charge is -2.34. The van der Waals surface area contributed by atoms with Gasteiger partial charge in [0, 0.05) is 56.4 Å². The van der Waals surface area contributed by atoms with Gasteiger partial charge < -0.3 is 14.6 Å². The van der Waals surface area contributed by atoms with E-state index in [9.17, 15) is 18.2 Å². The van der Waals surface area contributed by atoms with E-state index in [1.54, 1.807) is 42.9 Å². The summed E-state index contributed by atoms with van der Waals surface area (Å²) in [6, 6.07) is 17.2. The first kappa shape index (κ1) is 28.0. The molecule has 0 saturated carbocycles. The lowest BCUT2D eigenvalue weighted by atomic mass is 9.88. The van der Waals surface area contributed by atoms with Crippen molar-refractivity contribution in [3.63, 3.8) is 0 Å². The molecule has 42 heavy (non-hydrogen) atoms. The fourth-order valence-electron chi connectivity index (χ4n) is 5.56. The Bertz CT molecular complexity index is 1820. The van der Waals surface area contributed by atoms with Gasteiger partial charge in [0.05, 0.1) is 21.5 Å². The van der Waals surface area contributed by atoms with E-state index >= 15 is 0 Å². The number of anilines is 1. The largest absolute Gasteiger partial charge is 0.455 e. The first-order chi connectivity index (χ1) is 20.2. The SMILES string of the molecule is CNC(=O)c1c(-c2ccc(F)cc2)oc2cc(N(C)S(C)=O)c([C@@H]3CCCN(C(=O)c4nc5ccccc5s4)C3)cc12. The number of likely N-dealkylation sites (tertiary alicyclic amines) is 1. The van der Waals surface area contributed by atoms with Crippen LogP contribution < -0.4 is 9.62 Å². The maximum absolute atomic E-state index is 13.7. The number of nitrogens with zero attached hydrogens (tertiary/aromatic N) is 3. The van der Waals surface area contributed by atoms with Crippen molar-refractivity contribution in [2.45, 2.75) is 18.8 Å². The predicted octanol–water partition coefficient (Wildman–Crippen LogP) is 5.96. The fourth-order valence-corrected chi connectivity index (χ4v) is 6.93. The van der Waals surface area contributed by atoms with Crippen LogP contribution in [0.15, 0.2) is 65.1 Å². The van der Waals surface area contributed by atoms with E-state index in [0.717, 1.165) is 28.6 Å². The first-order valence-electron chi connectivity index (χ1n) is 13.6. The van der Waals surface area contributed by atoms with Gasteiger partial charge in [0.1, 0.15) is 28.1 Å². The fraction of sp³-hybridized carbons (Fsp3) is 0.258. The second-order valence-corrected chi connectivity index (χ2v) is 12.7. The number of para-hydroxylation sites is 1. The second-order valence-electron chi connectivity index (χ2n) is 10.3. The van der Waals surface area contributed by atoms with Crippen LogP contribution >= 0.6 is 11.3 Å². The minimum atomic E-state index is -1.34. The zero-order valence-corrected chi connectivity index (χ0v) is 25.0. The Balaban J connectivity index is 1.44. The lowest BCUT2D eigenvalue weighted by molar-refractivity contribution is 0.0707. The molecule has 1 fully saturated rings. The number of carbonyl (C=O) groups is 2. The van der Waals surface area contributed by atoms with Crippen LogP contribution in [0.1, 0.15) is 44.5 Å². The highest BCUT2D eigenvalue weighted by Crippen LogP contribution is 2.42. The molecule has 0 bridgehead atoms. The summed E-state index contributed by atoms with van der Waals surface area (Å²) in [5, 5.41) is 3.75. The summed E-state index contributed by atoms with van der Waals surface area (Å²) in [6.45, 7) is 1.07. The quantitative estimate of drug-likeness (QED) is 0.258. The molecule has 11 heteroatoms. The van der Waals surface area contributed by atoms with Crippen molar-refractivity contribution in [1.82, 2.24) is 15.2 Å². The van der Waals surface area contributed by atoms with Crippen molar-refractivity contribution in [3.05, 3.63) is 82.6 Å². The molecule has 8 nitrogen and oxygen atoms in total. The third-order valence-corrected chi connectivity index (χ3v) is 9.74. The third-order valence-electron chi connectivity index (χ3n) is 7.75. The maximum Gasteiger partial charge on any atom is 0.282 e. The predicted molar refractivity (Wildman–Crippen MR) is 165 cm³/mol. The standard InChI is InChI=1S/C31H29FN4O4S2/c1-33-29(37)27-22-15-21(19-7-6-14-36(17-19)31(38)30-34-23-8-4-5-9-26(23)41-30)24(35(2)42(3)39)16-25(22)40-28(27)18-10-12-20(32)13-11-18/h4-5,8-13,15-16,19H,6-7,14,17H2,1-3H3,(H,33,37)/t19-,42?/m1/s1. The molecule has 2 aromatic heterocycles. The molecule has 1 saturated heterocycles. The summed E-state index contributed by atoms with van der Waals surface area (Å²) < 4.78 is 35.2. The molecule has 0 spiro atoms. The van der Waals surface area contributed by atoms with Gasteiger partial charge in [0.15, 0.2) is 5.01 Å². The number of rotatable bonds is 6. The number of hydrogen-bond donors (Lipinski definition) is 1. The van der Waals surface area contributed by atoms with Crippen molar-refractivity contribution in [1.29, 1.82) is 0 Å². The van der Waals surface area contributed by atoms with E-state index in [4.69, 9.17) is 4.42 Å². The molecule has 1 aliphatic heterocycles. The van der Waals surface area contributed by atoms with Crippen LogP contribution in [0.25, 0.3) is 32.5 Å². The van der Waals surface area contributed by atoms with Crippen molar-refractivity contribution < 1.29 is 22.6 Å². The monoisotopic (exact) mass is 604 g/mol. The molecule has 216 valence electrons. The molecule has 3 heterocycles. The number of amides is 2. The Hall–Kier alpha value is -4.09. The van der Waals surface area contributed by atoms with Crippen molar-refractivity contribution in [2.24, 2.45) is 0 Å². The normalized spacial score (nSPS) is 16.1.